The average Bonchev–Trinajstić information content (AvgIpc) is 2.51. The SMILES string of the molecule is CC1CCSC2CC(C)c3ccccc3C2N1. The molecule has 0 spiro atoms. The van der Waals surface area contributed by atoms with Crippen LogP contribution in [0.2, 0.25) is 0 Å². The lowest BCUT2D eigenvalue weighted by atomic mass is 9.80. The molecule has 1 aromatic carbocycles. The van der Waals surface area contributed by atoms with Crippen molar-refractivity contribution < 1.29 is 0 Å². The Kier molecular flexibility index (Phi) is 3.18. The molecule has 1 aliphatic heterocycles. The van der Waals surface area contributed by atoms with E-state index in [2.05, 4.69) is 55.2 Å². The summed E-state index contributed by atoms with van der Waals surface area (Å²) in [6, 6.07) is 10.2. The molecule has 2 aliphatic rings. The molecule has 2 heteroatoms. The number of nitrogens with one attached hydrogen (secondary N) is 1. The topological polar surface area (TPSA) is 12.0 Å². The van der Waals surface area contributed by atoms with Crippen molar-refractivity contribution in [2.24, 2.45) is 0 Å². The van der Waals surface area contributed by atoms with Crippen molar-refractivity contribution in [3.8, 4) is 0 Å². The van der Waals surface area contributed by atoms with Crippen LogP contribution in [0, 0.1) is 0 Å². The van der Waals surface area contributed by atoms with Gasteiger partial charge in [-0.05, 0) is 42.6 Å². The van der Waals surface area contributed by atoms with Crippen LogP contribution in [0.1, 0.15) is 49.8 Å². The summed E-state index contributed by atoms with van der Waals surface area (Å²) in [5.74, 6) is 2.03. The van der Waals surface area contributed by atoms with Gasteiger partial charge in [0.1, 0.15) is 0 Å². The van der Waals surface area contributed by atoms with Gasteiger partial charge in [0, 0.05) is 17.3 Å². The summed E-state index contributed by atoms with van der Waals surface area (Å²) >= 11 is 2.18. The number of hydrogen-bond acceptors (Lipinski definition) is 2. The Labute approximate surface area is 108 Å². The summed E-state index contributed by atoms with van der Waals surface area (Å²) in [4.78, 5) is 0. The maximum atomic E-state index is 3.84. The Morgan fingerprint density at radius 1 is 1.18 bits per heavy atom. The van der Waals surface area contributed by atoms with Gasteiger partial charge < -0.3 is 5.32 Å². The Bertz CT molecular complexity index is 404. The molecule has 0 radical (unpaired) electrons. The molecule has 0 amide bonds. The molecule has 0 saturated carbocycles. The second-order valence-electron chi connectivity index (χ2n) is 5.51. The first-order valence-electron chi connectivity index (χ1n) is 6.72. The number of fused-ring (bicyclic) bond motifs is 3. The van der Waals surface area contributed by atoms with Crippen molar-refractivity contribution in [1.29, 1.82) is 0 Å². The fourth-order valence-electron chi connectivity index (χ4n) is 3.20. The molecule has 4 unspecified atom stereocenters. The van der Waals surface area contributed by atoms with E-state index in [1.54, 1.807) is 11.1 Å². The standard InChI is InChI=1S/C15H21NS/c1-10-9-14-15(16-11(2)7-8-17-14)13-6-4-3-5-12(10)13/h3-6,10-11,14-16H,7-9H2,1-2H3. The van der Waals surface area contributed by atoms with Crippen LogP contribution in [0.25, 0.3) is 0 Å². The minimum atomic E-state index is 0.574. The normalized spacial score (nSPS) is 36.8. The Morgan fingerprint density at radius 2 is 1.94 bits per heavy atom. The van der Waals surface area contributed by atoms with Crippen LogP contribution in [0.4, 0.5) is 0 Å². The summed E-state index contributed by atoms with van der Waals surface area (Å²) < 4.78 is 0. The molecule has 17 heavy (non-hydrogen) atoms. The third-order valence-electron chi connectivity index (χ3n) is 4.17. The maximum Gasteiger partial charge on any atom is 0.0445 e. The van der Waals surface area contributed by atoms with Gasteiger partial charge in [0.2, 0.25) is 0 Å². The lowest BCUT2D eigenvalue weighted by molar-refractivity contribution is 0.406. The van der Waals surface area contributed by atoms with E-state index in [1.807, 2.05) is 0 Å². The number of rotatable bonds is 0. The molecule has 3 rings (SSSR count). The summed E-state index contributed by atoms with van der Waals surface area (Å²) in [5.41, 5.74) is 3.12. The average molecular weight is 247 g/mol. The van der Waals surface area contributed by atoms with E-state index in [-0.39, 0.29) is 0 Å². The maximum absolute atomic E-state index is 3.84. The van der Waals surface area contributed by atoms with Gasteiger partial charge in [-0.15, -0.1) is 0 Å². The Morgan fingerprint density at radius 3 is 2.76 bits per heavy atom. The van der Waals surface area contributed by atoms with Crippen LogP contribution in [0.5, 0.6) is 0 Å². The fourth-order valence-corrected chi connectivity index (χ4v) is 4.84. The molecule has 1 heterocycles. The molecule has 4 atom stereocenters. The van der Waals surface area contributed by atoms with E-state index in [4.69, 9.17) is 0 Å². The minimum absolute atomic E-state index is 0.574. The number of benzene rings is 1. The van der Waals surface area contributed by atoms with Gasteiger partial charge in [0.25, 0.3) is 0 Å². The number of thioether (sulfide) groups is 1. The quantitative estimate of drug-likeness (QED) is 0.750. The lowest BCUT2D eigenvalue weighted by Crippen LogP contribution is -2.37. The minimum Gasteiger partial charge on any atom is -0.306 e. The van der Waals surface area contributed by atoms with Crippen molar-refractivity contribution in [1.82, 2.24) is 5.32 Å². The van der Waals surface area contributed by atoms with Crippen molar-refractivity contribution in [2.75, 3.05) is 5.75 Å². The first-order valence-corrected chi connectivity index (χ1v) is 7.77. The molecular formula is C15H21NS. The van der Waals surface area contributed by atoms with E-state index in [9.17, 15) is 0 Å². The second kappa shape index (κ2) is 4.66. The van der Waals surface area contributed by atoms with Crippen LogP contribution in [-0.4, -0.2) is 17.0 Å². The summed E-state index contributed by atoms with van der Waals surface area (Å²) in [5, 5.41) is 4.61. The third-order valence-corrected chi connectivity index (χ3v) is 5.53. The smallest absolute Gasteiger partial charge is 0.0445 e. The van der Waals surface area contributed by atoms with Crippen LogP contribution in [-0.2, 0) is 0 Å². The molecule has 1 N–H and O–H groups in total. The molecular weight excluding hydrogens is 226 g/mol. The molecule has 1 fully saturated rings. The fraction of sp³-hybridized carbons (Fsp3) is 0.600. The van der Waals surface area contributed by atoms with Crippen LogP contribution in [0.3, 0.4) is 0 Å². The van der Waals surface area contributed by atoms with Gasteiger partial charge in [0.15, 0.2) is 0 Å². The Balaban J connectivity index is 2.00. The first kappa shape index (κ1) is 11.6. The third kappa shape index (κ3) is 2.13. The van der Waals surface area contributed by atoms with Crippen LogP contribution < -0.4 is 5.32 Å². The summed E-state index contributed by atoms with van der Waals surface area (Å²) in [6.45, 7) is 4.70. The second-order valence-corrected chi connectivity index (χ2v) is 6.86. The van der Waals surface area contributed by atoms with E-state index in [0.29, 0.717) is 12.1 Å². The molecule has 1 aromatic rings. The monoisotopic (exact) mass is 247 g/mol. The van der Waals surface area contributed by atoms with E-state index in [1.165, 1.54) is 18.6 Å². The van der Waals surface area contributed by atoms with Crippen molar-refractivity contribution >= 4 is 11.8 Å². The van der Waals surface area contributed by atoms with Gasteiger partial charge >= 0.3 is 0 Å². The summed E-state index contributed by atoms with van der Waals surface area (Å²) in [6.07, 6.45) is 2.63. The van der Waals surface area contributed by atoms with E-state index < -0.39 is 0 Å². The predicted octanol–water partition coefficient (Wildman–Crippen LogP) is 3.72. The highest BCUT2D eigenvalue weighted by Gasteiger charge is 2.35. The van der Waals surface area contributed by atoms with Gasteiger partial charge in [-0.25, -0.2) is 0 Å². The Hall–Kier alpha value is -0.470. The zero-order valence-electron chi connectivity index (χ0n) is 10.6. The zero-order chi connectivity index (χ0) is 11.8. The molecule has 1 aliphatic carbocycles. The van der Waals surface area contributed by atoms with Gasteiger partial charge in [0.05, 0.1) is 0 Å². The molecule has 0 aromatic heterocycles. The highest BCUT2D eigenvalue weighted by Crippen LogP contribution is 2.44. The highest BCUT2D eigenvalue weighted by atomic mass is 32.2. The van der Waals surface area contributed by atoms with E-state index in [0.717, 1.165) is 11.2 Å². The lowest BCUT2D eigenvalue weighted by Gasteiger charge is -2.36. The first-order chi connectivity index (χ1) is 8.25. The predicted molar refractivity (Wildman–Crippen MR) is 75.7 cm³/mol. The molecule has 0 bridgehead atoms. The molecule has 92 valence electrons. The van der Waals surface area contributed by atoms with Crippen molar-refractivity contribution in [3.05, 3.63) is 35.4 Å². The largest absolute Gasteiger partial charge is 0.306 e. The number of hydrogen-bond donors (Lipinski definition) is 1. The van der Waals surface area contributed by atoms with Gasteiger partial charge in [-0.2, -0.15) is 11.8 Å². The van der Waals surface area contributed by atoms with E-state index >= 15 is 0 Å². The van der Waals surface area contributed by atoms with Gasteiger partial charge in [-0.1, -0.05) is 31.2 Å². The van der Waals surface area contributed by atoms with Crippen LogP contribution in [0.15, 0.2) is 24.3 Å². The summed E-state index contributed by atoms with van der Waals surface area (Å²) in [7, 11) is 0. The molecule has 1 saturated heterocycles. The van der Waals surface area contributed by atoms with Gasteiger partial charge in [-0.3, -0.25) is 0 Å². The van der Waals surface area contributed by atoms with Crippen LogP contribution >= 0.6 is 11.8 Å². The van der Waals surface area contributed by atoms with Crippen molar-refractivity contribution in [2.45, 2.75) is 49.9 Å². The van der Waals surface area contributed by atoms with Crippen molar-refractivity contribution in [3.63, 3.8) is 0 Å². The highest BCUT2D eigenvalue weighted by molar-refractivity contribution is 7.99. The molecule has 1 nitrogen and oxygen atoms in total. The zero-order valence-corrected chi connectivity index (χ0v) is 11.5.